The Morgan fingerprint density at radius 1 is 1.07 bits per heavy atom. The lowest BCUT2D eigenvalue weighted by molar-refractivity contribution is 0.0527. The summed E-state index contributed by atoms with van der Waals surface area (Å²) in [7, 11) is 6.03. The van der Waals surface area contributed by atoms with Crippen molar-refractivity contribution < 1.29 is 9.53 Å². The molecule has 27 heavy (non-hydrogen) atoms. The fourth-order valence-corrected chi connectivity index (χ4v) is 2.83. The molecule has 1 amide bonds. The molecule has 0 aliphatic heterocycles. The lowest BCUT2D eigenvalue weighted by Gasteiger charge is -2.32. The van der Waals surface area contributed by atoms with Crippen LogP contribution in [0.5, 0.6) is 0 Å². The highest BCUT2D eigenvalue weighted by Gasteiger charge is 2.20. The number of halogens is 1. The molecule has 8 heteroatoms. The van der Waals surface area contributed by atoms with Crippen molar-refractivity contribution in [2.45, 2.75) is 65.5 Å². The average Bonchev–Trinajstić information content (AvgIpc) is 2.54. The molecule has 0 fully saturated rings. The number of carbonyl (C=O) groups excluding carboxylic acids is 1. The van der Waals surface area contributed by atoms with E-state index in [0.717, 1.165) is 25.5 Å². The van der Waals surface area contributed by atoms with E-state index in [-0.39, 0.29) is 30.1 Å². The molecule has 0 aliphatic carbocycles. The minimum Gasteiger partial charge on any atom is -0.444 e. The molecule has 0 saturated carbocycles. The van der Waals surface area contributed by atoms with Gasteiger partial charge in [0, 0.05) is 32.7 Å². The summed E-state index contributed by atoms with van der Waals surface area (Å²) in [4.78, 5) is 18.1. The first-order chi connectivity index (χ1) is 12.1. The van der Waals surface area contributed by atoms with Gasteiger partial charge in [-0.3, -0.25) is 4.99 Å². The van der Waals surface area contributed by atoms with Crippen LogP contribution in [0.3, 0.4) is 0 Å². The van der Waals surface area contributed by atoms with E-state index >= 15 is 0 Å². The Morgan fingerprint density at radius 3 is 2.07 bits per heavy atom. The molecule has 0 bridgehead atoms. The van der Waals surface area contributed by atoms with E-state index in [1.54, 1.807) is 7.05 Å². The van der Waals surface area contributed by atoms with Gasteiger partial charge in [-0.25, -0.2) is 4.79 Å². The van der Waals surface area contributed by atoms with Crippen molar-refractivity contribution in [2.24, 2.45) is 10.9 Å². The molecule has 0 saturated heterocycles. The third-order valence-electron chi connectivity index (χ3n) is 4.27. The number of amides is 1. The first kappa shape index (κ1) is 28.4. The number of aliphatic imine (C=N–C) groups is 1. The molecule has 162 valence electrons. The highest BCUT2D eigenvalue weighted by molar-refractivity contribution is 14.0. The topological polar surface area (TPSA) is 78.0 Å². The van der Waals surface area contributed by atoms with Gasteiger partial charge in [-0.05, 0) is 47.2 Å². The van der Waals surface area contributed by atoms with Gasteiger partial charge in [-0.15, -0.1) is 24.0 Å². The highest BCUT2D eigenvalue weighted by atomic mass is 127. The number of hydrogen-bond acceptors (Lipinski definition) is 4. The number of nitrogens with zero attached hydrogens (tertiary/aromatic N) is 2. The number of alkyl carbamates (subject to hydrolysis) is 1. The first-order valence-electron chi connectivity index (χ1n) is 9.72. The molecule has 0 rings (SSSR count). The Labute approximate surface area is 183 Å². The smallest absolute Gasteiger partial charge is 0.407 e. The molecule has 0 aromatic carbocycles. The van der Waals surface area contributed by atoms with Crippen molar-refractivity contribution >= 4 is 36.0 Å². The van der Waals surface area contributed by atoms with E-state index in [9.17, 15) is 4.79 Å². The second-order valence-corrected chi connectivity index (χ2v) is 7.77. The fourth-order valence-electron chi connectivity index (χ4n) is 2.83. The van der Waals surface area contributed by atoms with Crippen LogP contribution in [0, 0.1) is 5.92 Å². The van der Waals surface area contributed by atoms with Gasteiger partial charge in [0.25, 0.3) is 0 Å². The monoisotopic (exact) mass is 499 g/mol. The zero-order valence-electron chi connectivity index (χ0n) is 18.5. The van der Waals surface area contributed by atoms with Gasteiger partial charge >= 0.3 is 6.09 Å². The van der Waals surface area contributed by atoms with Crippen molar-refractivity contribution in [3.05, 3.63) is 0 Å². The molecule has 1 atom stereocenters. The average molecular weight is 499 g/mol. The molecule has 0 spiro atoms. The zero-order chi connectivity index (χ0) is 20.2. The van der Waals surface area contributed by atoms with Crippen LogP contribution in [0.4, 0.5) is 4.79 Å². The Morgan fingerprint density at radius 2 is 1.63 bits per heavy atom. The first-order valence-corrected chi connectivity index (χ1v) is 9.72. The van der Waals surface area contributed by atoms with E-state index in [1.165, 1.54) is 12.8 Å². The second-order valence-electron chi connectivity index (χ2n) is 7.77. The number of likely N-dealkylation sites (N-methyl/N-ethyl adjacent to an activating group) is 1. The number of ether oxygens (including phenoxy) is 1. The van der Waals surface area contributed by atoms with Crippen LogP contribution in [-0.2, 0) is 4.74 Å². The minimum absolute atomic E-state index is 0. The molecule has 0 radical (unpaired) electrons. The predicted molar refractivity (Wildman–Crippen MR) is 125 cm³/mol. The molecular formula is C19H42IN5O2. The molecular weight excluding hydrogens is 457 g/mol. The van der Waals surface area contributed by atoms with Gasteiger partial charge in [0.2, 0.25) is 0 Å². The lowest BCUT2D eigenvalue weighted by atomic mass is 9.93. The number of hydrogen-bond donors (Lipinski definition) is 3. The fraction of sp³-hybridized carbons (Fsp3) is 0.895. The van der Waals surface area contributed by atoms with Crippen molar-refractivity contribution in [1.82, 2.24) is 20.9 Å². The quantitative estimate of drug-likeness (QED) is 0.187. The Balaban J connectivity index is 0. The summed E-state index contributed by atoms with van der Waals surface area (Å²) < 4.78 is 5.21. The Bertz CT molecular complexity index is 421. The summed E-state index contributed by atoms with van der Waals surface area (Å²) >= 11 is 0. The van der Waals surface area contributed by atoms with E-state index in [0.29, 0.717) is 18.5 Å². The van der Waals surface area contributed by atoms with Gasteiger partial charge in [0.15, 0.2) is 5.96 Å². The van der Waals surface area contributed by atoms with Crippen molar-refractivity contribution in [3.63, 3.8) is 0 Å². The molecule has 0 aliphatic rings. The van der Waals surface area contributed by atoms with Gasteiger partial charge in [-0.1, -0.05) is 26.7 Å². The maximum absolute atomic E-state index is 11.6. The Hall–Kier alpha value is -0.770. The van der Waals surface area contributed by atoms with Gasteiger partial charge in [0.1, 0.15) is 5.60 Å². The lowest BCUT2D eigenvalue weighted by Crippen LogP contribution is -2.48. The SMILES string of the molecule is CCC(CC)C(CNC(=NC)NCCCNC(=O)OC(C)(C)C)N(C)C.I. The summed E-state index contributed by atoms with van der Waals surface area (Å²) in [5.74, 6) is 1.45. The second kappa shape index (κ2) is 15.2. The van der Waals surface area contributed by atoms with Crippen LogP contribution in [0.1, 0.15) is 53.9 Å². The standard InChI is InChI=1S/C19H41N5O2.HI/c1-9-15(10-2)16(24(7)8)14-23-17(20-6)21-12-11-13-22-18(25)26-19(3,4)5;/h15-16H,9-14H2,1-8H3,(H,22,25)(H2,20,21,23);1H. The predicted octanol–water partition coefficient (Wildman–Crippen LogP) is 3.05. The van der Waals surface area contributed by atoms with Gasteiger partial charge < -0.3 is 25.6 Å². The molecule has 1 unspecified atom stereocenters. The molecule has 3 N–H and O–H groups in total. The zero-order valence-corrected chi connectivity index (χ0v) is 20.8. The molecule has 0 heterocycles. The van der Waals surface area contributed by atoms with Crippen molar-refractivity contribution in [2.75, 3.05) is 40.8 Å². The summed E-state index contributed by atoms with van der Waals surface area (Å²) in [6, 6.07) is 0.470. The summed E-state index contributed by atoms with van der Waals surface area (Å²) in [5.41, 5.74) is -0.466. The van der Waals surface area contributed by atoms with Crippen LogP contribution >= 0.6 is 24.0 Å². The maximum Gasteiger partial charge on any atom is 0.407 e. The maximum atomic E-state index is 11.6. The number of carbonyl (C=O) groups is 1. The van der Waals surface area contributed by atoms with Gasteiger partial charge in [0.05, 0.1) is 0 Å². The van der Waals surface area contributed by atoms with E-state index in [4.69, 9.17) is 4.74 Å². The Kier molecular flexibility index (Phi) is 16.0. The largest absolute Gasteiger partial charge is 0.444 e. The minimum atomic E-state index is -0.466. The molecule has 0 aromatic rings. The third kappa shape index (κ3) is 14.0. The van der Waals surface area contributed by atoms with Gasteiger partial charge in [-0.2, -0.15) is 0 Å². The summed E-state index contributed by atoms with van der Waals surface area (Å²) in [6.45, 7) is 12.2. The van der Waals surface area contributed by atoms with Crippen LogP contribution in [0.2, 0.25) is 0 Å². The number of guanidine groups is 1. The van der Waals surface area contributed by atoms with Crippen LogP contribution < -0.4 is 16.0 Å². The van der Waals surface area contributed by atoms with Crippen LogP contribution in [-0.4, -0.2) is 69.4 Å². The molecule has 0 aromatic heterocycles. The van der Waals surface area contributed by atoms with Crippen molar-refractivity contribution in [3.8, 4) is 0 Å². The number of rotatable bonds is 10. The summed E-state index contributed by atoms with van der Waals surface area (Å²) in [5, 5.41) is 9.46. The van der Waals surface area contributed by atoms with Crippen molar-refractivity contribution in [1.29, 1.82) is 0 Å². The van der Waals surface area contributed by atoms with Crippen LogP contribution in [0.15, 0.2) is 4.99 Å². The van der Waals surface area contributed by atoms with E-state index in [1.807, 2.05) is 20.8 Å². The molecule has 7 nitrogen and oxygen atoms in total. The van der Waals surface area contributed by atoms with Crippen LogP contribution in [0.25, 0.3) is 0 Å². The third-order valence-corrected chi connectivity index (χ3v) is 4.27. The van der Waals surface area contributed by atoms with E-state index in [2.05, 4.69) is 53.8 Å². The highest BCUT2D eigenvalue weighted by Crippen LogP contribution is 2.16. The summed E-state index contributed by atoms with van der Waals surface area (Å²) in [6.07, 6.45) is 2.76. The normalized spacial score (nSPS) is 13.2. The van der Waals surface area contributed by atoms with E-state index < -0.39 is 5.60 Å². The number of nitrogens with one attached hydrogen (secondary N) is 3.